The number of aromatic hydroxyl groups is 1. The van der Waals surface area contributed by atoms with Crippen LogP contribution < -0.4 is 4.90 Å². The van der Waals surface area contributed by atoms with E-state index in [9.17, 15) is 24.3 Å². The lowest BCUT2D eigenvalue weighted by Gasteiger charge is -2.54. The van der Waals surface area contributed by atoms with E-state index in [0.717, 1.165) is 14.7 Å². The van der Waals surface area contributed by atoms with E-state index in [4.69, 9.17) is 0 Å². The van der Waals surface area contributed by atoms with Crippen LogP contribution in [0.1, 0.15) is 50.7 Å². The van der Waals surface area contributed by atoms with Gasteiger partial charge in [0.1, 0.15) is 5.75 Å². The van der Waals surface area contributed by atoms with E-state index in [0.29, 0.717) is 35.2 Å². The number of phenolic OH excluding ortho intramolecular Hbond substituents is 1. The zero-order valence-corrected chi connectivity index (χ0v) is 24.5. The summed E-state index contributed by atoms with van der Waals surface area (Å²) in [5.74, 6) is -2.85. The molecule has 2 aromatic carbocycles. The average Bonchev–Trinajstić information content (AvgIpc) is 3.17. The molecule has 39 heavy (non-hydrogen) atoms. The minimum absolute atomic E-state index is 0.0452. The van der Waals surface area contributed by atoms with Crippen LogP contribution in [0.3, 0.4) is 0 Å². The Labute approximate surface area is 241 Å². The first-order valence-corrected chi connectivity index (χ1v) is 14.4. The molecule has 4 aliphatic rings. The Morgan fingerprint density at radius 1 is 0.923 bits per heavy atom. The fourth-order valence-corrected chi connectivity index (χ4v) is 8.02. The molecule has 7 heteroatoms. The number of imide groups is 1. The number of benzene rings is 2. The second-order valence-electron chi connectivity index (χ2n) is 11.7. The number of fused-ring (bicyclic) bond motifs is 4. The molecule has 1 aliphatic heterocycles. The zero-order valence-electron chi connectivity index (χ0n) is 22.3. The number of amides is 2. The molecule has 0 spiro atoms. The van der Waals surface area contributed by atoms with E-state index in [1.807, 2.05) is 38.1 Å². The maximum atomic E-state index is 14.0. The molecule has 6 rings (SSSR count). The van der Waals surface area contributed by atoms with Crippen molar-refractivity contribution < 1.29 is 24.3 Å². The molecule has 1 saturated heterocycles. The summed E-state index contributed by atoms with van der Waals surface area (Å²) in [5, 5.41) is 10.3. The van der Waals surface area contributed by atoms with Gasteiger partial charge >= 0.3 is 0 Å². The Hall–Kier alpha value is -3.07. The summed E-state index contributed by atoms with van der Waals surface area (Å²) in [4.78, 5) is 56.8. The highest BCUT2D eigenvalue weighted by Gasteiger charge is 2.64. The van der Waals surface area contributed by atoms with Gasteiger partial charge in [-0.1, -0.05) is 30.7 Å². The molecule has 1 heterocycles. The van der Waals surface area contributed by atoms with Gasteiger partial charge in [-0.25, -0.2) is 0 Å². The Morgan fingerprint density at radius 2 is 1.62 bits per heavy atom. The topological polar surface area (TPSA) is 91.8 Å². The van der Waals surface area contributed by atoms with Gasteiger partial charge in [-0.05, 0) is 115 Å². The van der Waals surface area contributed by atoms with E-state index >= 15 is 0 Å². The van der Waals surface area contributed by atoms with Crippen LogP contribution >= 0.6 is 22.6 Å². The van der Waals surface area contributed by atoms with Crippen molar-refractivity contribution in [3.05, 3.63) is 80.0 Å². The molecule has 0 bridgehead atoms. The van der Waals surface area contributed by atoms with Gasteiger partial charge in [-0.2, -0.15) is 0 Å². The number of phenols is 1. The quantitative estimate of drug-likeness (QED) is 0.262. The highest BCUT2D eigenvalue weighted by atomic mass is 127. The van der Waals surface area contributed by atoms with Crippen LogP contribution in [0.15, 0.2) is 65.3 Å². The number of Topliss-reactive ketones (excluding diaryl/α,β-unsaturated/α-hetero) is 2. The lowest BCUT2D eigenvalue weighted by molar-refractivity contribution is -0.142. The SMILES string of the molecule is CC1=C(C)C(=O)[C@@]2(C)[C@@H](c3ccc(O)c(C)c3)C3=CC[C@@H]4C(=O)N(c5ccc(I)cc5)C(=O)[C@@H]4[C@@H]3C[C@H]2C1=O. The third-order valence-corrected chi connectivity index (χ3v) is 10.5. The number of carbonyl (C=O) groups is 4. The molecule has 6 nitrogen and oxygen atoms in total. The van der Waals surface area contributed by atoms with Crippen molar-refractivity contribution in [1.29, 1.82) is 0 Å². The number of hydrogen-bond acceptors (Lipinski definition) is 5. The van der Waals surface area contributed by atoms with Gasteiger partial charge in [-0.3, -0.25) is 24.1 Å². The van der Waals surface area contributed by atoms with E-state index in [1.165, 1.54) is 4.90 Å². The maximum Gasteiger partial charge on any atom is 0.238 e. The molecule has 1 N–H and O–H groups in total. The summed E-state index contributed by atoms with van der Waals surface area (Å²) in [7, 11) is 0. The summed E-state index contributed by atoms with van der Waals surface area (Å²) in [6, 6.07) is 12.7. The van der Waals surface area contributed by atoms with Crippen molar-refractivity contribution in [2.45, 2.75) is 46.5 Å². The predicted molar refractivity (Wildman–Crippen MR) is 155 cm³/mol. The van der Waals surface area contributed by atoms with Gasteiger partial charge in [0.05, 0.1) is 22.9 Å². The average molecular weight is 635 g/mol. The normalized spacial score (nSPS) is 32.2. The van der Waals surface area contributed by atoms with Crippen LogP contribution in [0, 0.1) is 39.6 Å². The fraction of sp³-hybridized carbons (Fsp3) is 0.375. The second kappa shape index (κ2) is 8.98. The zero-order chi connectivity index (χ0) is 28.0. The number of anilines is 1. The Morgan fingerprint density at radius 3 is 2.28 bits per heavy atom. The Bertz CT molecular complexity index is 1540. The molecule has 200 valence electrons. The maximum absolute atomic E-state index is 14.0. The van der Waals surface area contributed by atoms with Gasteiger partial charge in [0, 0.05) is 15.4 Å². The second-order valence-corrected chi connectivity index (χ2v) is 12.9. The monoisotopic (exact) mass is 635 g/mol. The minimum Gasteiger partial charge on any atom is -0.508 e. The summed E-state index contributed by atoms with van der Waals surface area (Å²) in [6.45, 7) is 7.15. The standard InChI is InChI=1S/C32H30INO5/c1-15-13-18(5-12-25(15)35)27-21-10-11-22-26(31(39)34(30(22)38)20-8-6-19(33)7-9-20)23(21)14-24-28(36)16(2)17(3)29(37)32(24,27)4/h5-10,12-13,22-24,26-27,35H,11,14H2,1-4H3/t22-,23+,24-,26-,27-,32+/m0/s1. The molecule has 2 amide bonds. The number of nitrogens with zero attached hydrogens (tertiary/aromatic N) is 1. The summed E-state index contributed by atoms with van der Waals surface area (Å²) >= 11 is 2.19. The number of rotatable bonds is 2. The summed E-state index contributed by atoms with van der Waals surface area (Å²) in [5.41, 5.74) is 2.98. The first-order valence-electron chi connectivity index (χ1n) is 13.4. The Balaban J connectivity index is 1.51. The third-order valence-electron chi connectivity index (χ3n) is 9.81. The molecular weight excluding hydrogens is 605 g/mol. The lowest BCUT2D eigenvalue weighted by atomic mass is 9.46. The summed E-state index contributed by atoms with van der Waals surface area (Å²) < 4.78 is 1.01. The molecular formula is C32H30INO5. The number of carbonyl (C=O) groups excluding carboxylic acids is 4. The van der Waals surface area contributed by atoms with Gasteiger partial charge < -0.3 is 5.11 Å². The van der Waals surface area contributed by atoms with E-state index in [1.54, 1.807) is 32.0 Å². The largest absolute Gasteiger partial charge is 0.508 e. The van der Waals surface area contributed by atoms with Crippen LogP contribution in [-0.4, -0.2) is 28.5 Å². The smallest absolute Gasteiger partial charge is 0.238 e. The van der Waals surface area contributed by atoms with Crippen molar-refractivity contribution in [2.75, 3.05) is 4.90 Å². The Kier molecular flexibility index (Phi) is 6.02. The molecule has 1 saturated carbocycles. The molecule has 3 aliphatic carbocycles. The first-order chi connectivity index (χ1) is 18.5. The van der Waals surface area contributed by atoms with Crippen molar-refractivity contribution in [2.24, 2.45) is 29.1 Å². The third kappa shape index (κ3) is 3.58. The number of allylic oxidation sites excluding steroid dienone is 4. The minimum atomic E-state index is -1.03. The van der Waals surface area contributed by atoms with Crippen LogP contribution in [-0.2, 0) is 19.2 Å². The predicted octanol–water partition coefficient (Wildman–Crippen LogP) is 5.66. The first kappa shape index (κ1) is 26.2. The molecule has 0 radical (unpaired) electrons. The summed E-state index contributed by atoms with van der Waals surface area (Å²) in [6.07, 6.45) is 2.82. The lowest BCUT2D eigenvalue weighted by Crippen LogP contribution is -2.55. The van der Waals surface area contributed by atoms with Crippen molar-refractivity contribution >= 4 is 51.7 Å². The van der Waals surface area contributed by atoms with E-state index < -0.39 is 29.1 Å². The molecule has 2 aromatic rings. The van der Waals surface area contributed by atoms with Crippen LogP contribution in [0.25, 0.3) is 0 Å². The van der Waals surface area contributed by atoms with Gasteiger partial charge in [0.25, 0.3) is 0 Å². The highest BCUT2D eigenvalue weighted by Crippen LogP contribution is 2.63. The van der Waals surface area contributed by atoms with Crippen molar-refractivity contribution in [3.8, 4) is 5.75 Å². The molecule has 6 atom stereocenters. The molecule has 0 aromatic heterocycles. The van der Waals surface area contributed by atoms with Crippen molar-refractivity contribution in [1.82, 2.24) is 0 Å². The van der Waals surface area contributed by atoms with Gasteiger partial charge in [0.2, 0.25) is 11.8 Å². The number of hydrogen-bond donors (Lipinski definition) is 1. The number of halogens is 1. The van der Waals surface area contributed by atoms with Crippen LogP contribution in [0.4, 0.5) is 5.69 Å². The number of aryl methyl sites for hydroxylation is 1. The van der Waals surface area contributed by atoms with Crippen LogP contribution in [0.5, 0.6) is 5.75 Å². The molecule has 2 fully saturated rings. The highest BCUT2D eigenvalue weighted by molar-refractivity contribution is 14.1. The van der Waals surface area contributed by atoms with Gasteiger partial charge in [-0.15, -0.1) is 0 Å². The van der Waals surface area contributed by atoms with Crippen molar-refractivity contribution in [3.63, 3.8) is 0 Å². The van der Waals surface area contributed by atoms with Gasteiger partial charge in [0.15, 0.2) is 11.6 Å². The molecule has 0 unspecified atom stereocenters. The van der Waals surface area contributed by atoms with E-state index in [2.05, 4.69) is 28.7 Å². The van der Waals surface area contributed by atoms with E-state index in [-0.39, 0.29) is 35.0 Å². The fourth-order valence-electron chi connectivity index (χ4n) is 7.66. The number of ketones is 2. The van der Waals surface area contributed by atoms with Crippen LogP contribution in [0.2, 0.25) is 0 Å².